The average Bonchev–Trinajstić information content (AvgIpc) is 2.46. The number of halogens is 4. The Morgan fingerprint density at radius 2 is 1.67 bits per heavy atom. The molecule has 0 aliphatic rings. The normalized spacial score (nSPS) is 11.3. The molecule has 0 N–H and O–H groups in total. The van der Waals surface area contributed by atoms with Gasteiger partial charge in [0.25, 0.3) is 0 Å². The molecule has 2 aromatic rings. The molecule has 0 bridgehead atoms. The van der Waals surface area contributed by atoms with Crippen molar-refractivity contribution >= 4 is 5.97 Å². The lowest BCUT2D eigenvalue weighted by atomic mass is 9.97. The molecular formula is C15H10F4O2. The summed E-state index contributed by atoms with van der Waals surface area (Å²) >= 11 is 0. The molecule has 0 amide bonds. The summed E-state index contributed by atoms with van der Waals surface area (Å²) in [7, 11) is 1.08. The summed E-state index contributed by atoms with van der Waals surface area (Å²) in [5.41, 5.74) is -0.506. The fourth-order valence-corrected chi connectivity index (χ4v) is 1.88. The van der Waals surface area contributed by atoms with Gasteiger partial charge in [-0.2, -0.15) is 13.2 Å². The second-order valence-electron chi connectivity index (χ2n) is 4.26. The van der Waals surface area contributed by atoms with E-state index in [1.54, 1.807) is 0 Å². The van der Waals surface area contributed by atoms with Crippen molar-refractivity contribution in [1.29, 1.82) is 0 Å². The van der Waals surface area contributed by atoms with E-state index in [2.05, 4.69) is 4.74 Å². The number of alkyl halides is 3. The van der Waals surface area contributed by atoms with Gasteiger partial charge in [0.1, 0.15) is 5.82 Å². The third-order valence-electron chi connectivity index (χ3n) is 2.91. The van der Waals surface area contributed by atoms with Crippen molar-refractivity contribution < 1.29 is 27.1 Å². The molecule has 0 aliphatic carbocycles. The standard InChI is InChI=1S/C15H10F4O2/c1-21-14(20)13-8-10(15(17,18)19)4-7-12(13)9-2-5-11(16)6-3-9/h2-8H,1H3. The zero-order valence-corrected chi connectivity index (χ0v) is 10.9. The van der Waals surface area contributed by atoms with E-state index in [0.717, 1.165) is 31.4 Å². The molecule has 6 heteroatoms. The van der Waals surface area contributed by atoms with Crippen LogP contribution in [-0.4, -0.2) is 13.1 Å². The maximum atomic E-state index is 12.9. The van der Waals surface area contributed by atoms with Gasteiger partial charge >= 0.3 is 12.1 Å². The Morgan fingerprint density at radius 3 is 2.19 bits per heavy atom. The van der Waals surface area contributed by atoms with Crippen molar-refractivity contribution in [1.82, 2.24) is 0 Å². The van der Waals surface area contributed by atoms with Crippen LogP contribution in [0.5, 0.6) is 0 Å². The van der Waals surface area contributed by atoms with E-state index in [9.17, 15) is 22.4 Å². The molecule has 0 heterocycles. The molecule has 0 aromatic heterocycles. The van der Waals surface area contributed by atoms with Crippen LogP contribution in [0.4, 0.5) is 17.6 Å². The summed E-state index contributed by atoms with van der Waals surface area (Å²) in [5.74, 6) is -1.37. The lowest BCUT2D eigenvalue weighted by Gasteiger charge is -2.12. The highest BCUT2D eigenvalue weighted by Gasteiger charge is 2.32. The Bertz CT molecular complexity index is 660. The summed E-state index contributed by atoms with van der Waals surface area (Å²) in [5, 5.41) is 0. The van der Waals surface area contributed by atoms with E-state index in [1.165, 1.54) is 18.2 Å². The molecule has 0 radical (unpaired) electrons. The van der Waals surface area contributed by atoms with Gasteiger partial charge in [0.05, 0.1) is 18.2 Å². The molecule has 2 nitrogen and oxygen atoms in total. The van der Waals surface area contributed by atoms with Gasteiger partial charge in [-0.3, -0.25) is 0 Å². The topological polar surface area (TPSA) is 26.3 Å². The van der Waals surface area contributed by atoms with Crippen LogP contribution in [-0.2, 0) is 10.9 Å². The Hall–Kier alpha value is -2.37. The molecule has 21 heavy (non-hydrogen) atoms. The highest BCUT2D eigenvalue weighted by Crippen LogP contribution is 2.33. The van der Waals surface area contributed by atoms with Crippen molar-refractivity contribution in [3.8, 4) is 11.1 Å². The number of hydrogen-bond acceptors (Lipinski definition) is 2. The molecule has 0 unspecified atom stereocenters. The molecule has 2 aromatic carbocycles. The van der Waals surface area contributed by atoms with Crippen LogP contribution in [0.1, 0.15) is 15.9 Å². The van der Waals surface area contributed by atoms with Gasteiger partial charge in [-0.25, -0.2) is 9.18 Å². The summed E-state index contributed by atoms with van der Waals surface area (Å²) in [6, 6.07) is 7.84. The van der Waals surface area contributed by atoms with Crippen LogP contribution in [0.2, 0.25) is 0 Å². The maximum absolute atomic E-state index is 12.9. The number of benzene rings is 2. The number of carbonyl (C=O) groups excluding carboxylic acids is 1. The number of methoxy groups -OCH3 is 1. The summed E-state index contributed by atoms with van der Waals surface area (Å²) < 4.78 is 55.6. The van der Waals surface area contributed by atoms with E-state index in [0.29, 0.717) is 5.56 Å². The molecular weight excluding hydrogens is 288 g/mol. The second-order valence-corrected chi connectivity index (χ2v) is 4.26. The second kappa shape index (κ2) is 5.55. The maximum Gasteiger partial charge on any atom is 0.416 e. The third-order valence-corrected chi connectivity index (χ3v) is 2.91. The monoisotopic (exact) mass is 298 g/mol. The smallest absolute Gasteiger partial charge is 0.416 e. The molecule has 0 atom stereocenters. The predicted molar refractivity (Wildman–Crippen MR) is 68.2 cm³/mol. The molecule has 0 saturated heterocycles. The lowest BCUT2D eigenvalue weighted by molar-refractivity contribution is -0.137. The fourth-order valence-electron chi connectivity index (χ4n) is 1.88. The summed E-state index contributed by atoms with van der Waals surface area (Å²) in [6.07, 6.45) is -4.57. The minimum atomic E-state index is -4.57. The largest absolute Gasteiger partial charge is 0.465 e. The van der Waals surface area contributed by atoms with Crippen LogP contribution >= 0.6 is 0 Å². The molecule has 0 aliphatic heterocycles. The Balaban J connectivity index is 2.60. The Morgan fingerprint density at radius 1 is 1.05 bits per heavy atom. The van der Waals surface area contributed by atoms with Crippen LogP contribution < -0.4 is 0 Å². The third kappa shape index (κ3) is 3.21. The highest BCUT2D eigenvalue weighted by atomic mass is 19.4. The van der Waals surface area contributed by atoms with E-state index in [4.69, 9.17) is 0 Å². The van der Waals surface area contributed by atoms with Gasteiger partial charge in [-0.1, -0.05) is 18.2 Å². The summed E-state index contributed by atoms with van der Waals surface area (Å²) in [4.78, 5) is 11.7. The molecule has 110 valence electrons. The minimum absolute atomic E-state index is 0.223. The van der Waals surface area contributed by atoms with E-state index < -0.39 is 23.5 Å². The number of carbonyl (C=O) groups is 1. The average molecular weight is 298 g/mol. The van der Waals surface area contributed by atoms with E-state index in [-0.39, 0.29) is 11.1 Å². The first-order chi connectivity index (χ1) is 9.82. The van der Waals surface area contributed by atoms with Crippen LogP contribution in [0.25, 0.3) is 11.1 Å². The molecule has 2 rings (SSSR count). The van der Waals surface area contributed by atoms with E-state index >= 15 is 0 Å². The van der Waals surface area contributed by atoms with Crippen molar-refractivity contribution in [2.75, 3.05) is 7.11 Å². The van der Waals surface area contributed by atoms with Crippen molar-refractivity contribution in [2.24, 2.45) is 0 Å². The first kappa shape index (κ1) is 15.0. The number of esters is 1. The van der Waals surface area contributed by atoms with Crippen LogP contribution in [0.15, 0.2) is 42.5 Å². The first-order valence-corrected chi connectivity index (χ1v) is 5.88. The Kier molecular flexibility index (Phi) is 3.97. The molecule has 0 spiro atoms. The molecule has 0 saturated carbocycles. The van der Waals surface area contributed by atoms with Crippen molar-refractivity contribution in [2.45, 2.75) is 6.18 Å². The van der Waals surface area contributed by atoms with Gasteiger partial charge in [0, 0.05) is 0 Å². The quantitative estimate of drug-likeness (QED) is 0.610. The number of rotatable bonds is 2. The Labute approximate surface area is 118 Å². The van der Waals surface area contributed by atoms with Gasteiger partial charge in [0.15, 0.2) is 0 Å². The van der Waals surface area contributed by atoms with Gasteiger partial charge in [-0.05, 0) is 35.4 Å². The van der Waals surface area contributed by atoms with Crippen molar-refractivity contribution in [3.63, 3.8) is 0 Å². The van der Waals surface area contributed by atoms with E-state index in [1.807, 2.05) is 0 Å². The number of ether oxygens (including phenoxy) is 1. The SMILES string of the molecule is COC(=O)c1cc(C(F)(F)F)ccc1-c1ccc(F)cc1. The zero-order valence-electron chi connectivity index (χ0n) is 10.9. The molecule has 0 fully saturated rings. The predicted octanol–water partition coefficient (Wildman–Crippen LogP) is 4.30. The highest BCUT2D eigenvalue weighted by molar-refractivity contribution is 5.97. The minimum Gasteiger partial charge on any atom is -0.465 e. The van der Waals surface area contributed by atoms with Gasteiger partial charge < -0.3 is 4.74 Å². The van der Waals surface area contributed by atoms with Crippen LogP contribution in [0, 0.1) is 5.82 Å². The van der Waals surface area contributed by atoms with Gasteiger partial charge in [0.2, 0.25) is 0 Å². The van der Waals surface area contributed by atoms with Gasteiger partial charge in [-0.15, -0.1) is 0 Å². The zero-order chi connectivity index (χ0) is 15.6. The van der Waals surface area contributed by atoms with Crippen LogP contribution in [0.3, 0.4) is 0 Å². The summed E-state index contributed by atoms with van der Waals surface area (Å²) in [6.45, 7) is 0. The van der Waals surface area contributed by atoms with Crippen molar-refractivity contribution in [3.05, 3.63) is 59.4 Å². The fraction of sp³-hybridized carbons (Fsp3) is 0.133. The first-order valence-electron chi connectivity index (χ1n) is 5.88. The lowest BCUT2D eigenvalue weighted by Crippen LogP contribution is -2.10. The number of hydrogen-bond donors (Lipinski definition) is 0.